The Morgan fingerprint density at radius 3 is 1.46 bits per heavy atom. The molecule has 84 valence electrons. The molecule has 4 heteroatoms. The van der Waals surface area contributed by atoms with Crippen LogP contribution in [0.25, 0.3) is 0 Å². The molecule has 0 unspecified atom stereocenters. The second kappa shape index (κ2) is 8.81. The molecular weight excluding hydrogens is 186 g/mol. The topological polar surface area (TPSA) is 43.7 Å². The SMILES string of the molecule is CC.CC.CN1CCS(O)(O)CC1. The first-order valence-electron chi connectivity index (χ1n) is 5.02. The lowest BCUT2D eigenvalue weighted by molar-refractivity contribution is 0.342. The molecule has 3 nitrogen and oxygen atoms in total. The third kappa shape index (κ3) is 8.56. The zero-order valence-electron chi connectivity index (χ0n) is 9.58. The lowest BCUT2D eigenvalue weighted by atomic mass is 10.6. The van der Waals surface area contributed by atoms with Crippen LogP contribution in [0.2, 0.25) is 0 Å². The van der Waals surface area contributed by atoms with Gasteiger partial charge in [0.2, 0.25) is 0 Å². The van der Waals surface area contributed by atoms with Gasteiger partial charge in [0, 0.05) is 13.1 Å². The van der Waals surface area contributed by atoms with Crippen molar-refractivity contribution >= 4 is 10.6 Å². The maximum atomic E-state index is 9.10. The molecule has 13 heavy (non-hydrogen) atoms. The maximum Gasteiger partial charge on any atom is 0.0502 e. The molecule has 2 N–H and O–H groups in total. The van der Waals surface area contributed by atoms with Gasteiger partial charge >= 0.3 is 0 Å². The average Bonchev–Trinajstić information content (AvgIpc) is 2.17. The van der Waals surface area contributed by atoms with Gasteiger partial charge < -0.3 is 4.90 Å². The van der Waals surface area contributed by atoms with Crippen LogP contribution in [0.1, 0.15) is 27.7 Å². The Hall–Kier alpha value is 0.230. The lowest BCUT2D eigenvalue weighted by Gasteiger charge is -2.39. The van der Waals surface area contributed by atoms with E-state index in [4.69, 9.17) is 9.11 Å². The largest absolute Gasteiger partial charge is 0.303 e. The Morgan fingerprint density at radius 1 is 0.923 bits per heavy atom. The highest BCUT2D eigenvalue weighted by Gasteiger charge is 2.18. The highest BCUT2D eigenvalue weighted by Crippen LogP contribution is 2.39. The zero-order valence-corrected chi connectivity index (χ0v) is 10.4. The first-order valence-corrected chi connectivity index (χ1v) is 6.91. The zero-order chi connectivity index (χ0) is 10.9. The van der Waals surface area contributed by atoms with Crippen LogP contribution in [0, 0.1) is 0 Å². The van der Waals surface area contributed by atoms with E-state index in [1.54, 1.807) is 0 Å². The molecule has 0 aromatic heterocycles. The van der Waals surface area contributed by atoms with E-state index in [-0.39, 0.29) is 0 Å². The van der Waals surface area contributed by atoms with Crippen LogP contribution in [0.15, 0.2) is 0 Å². The van der Waals surface area contributed by atoms with Crippen molar-refractivity contribution in [3.63, 3.8) is 0 Å². The van der Waals surface area contributed by atoms with Gasteiger partial charge in [0.05, 0.1) is 11.5 Å². The molecule has 1 fully saturated rings. The predicted octanol–water partition coefficient (Wildman–Crippen LogP) is 2.73. The van der Waals surface area contributed by atoms with Gasteiger partial charge in [0.1, 0.15) is 0 Å². The van der Waals surface area contributed by atoms with E-state index in [9.17, 15) is 0 Å². The third-order valence-electron chi connectivity index (χ3n) is 1.60. The Kier molecular flexibility index (Phi) is 10.6. The Labute approximate surface area is 84.5 Å². The summed E-state index contributed by atoms with van der Waals surface area (Å²) in [5, 5.41) is 0. The molecule has 1 aliphatic rings. The molecule has 1 saturated heterocycles. The molecule has 0 spiro atoms. The van der Waals surface area contributed by atoms with Crippen molar-refractivity contribution in [2.45, 2.75) is 27.7 Å². The van der Waals surface area contributed by atoms with Crippen molar-refractivity contribution in [2.24, 2.45) is 0 Å². The third-order valence-corrected chi connectivity index (χ3v) is 3.27. The van der Waals surface area contributed by atoms with Crippen LogP contribution in [-0.2, 0) is 0 Å². The minimum atomic E-state index is -2.16. The summed E-state index contributed by atoms with van der Waals surface area (Å²) in [7, 11) is -0.163. The van der Waals surface area contributed by atoms with Gasteiger partial charge in [-0.25, -0.2) is 0 Å². The van der Waals surface area contributed by atoms with Crippen molar-refractivity contribution in [3.8, 4) is 0 Å². The molecule has 0 atom stereocenters. The Balaban J connectivity index is 0. The number of nitrogens with zero attached hydrogens (tertiary/aromatic N) is 1. The van der Waals surface area contributed by atoms with E-state index in [1.807, 2.05) is 34.7 Å². The summed E-state index contributed by atoms with van der Waals surface area (Å²) in [4.78, 5) is 2.11. The van der Waals surface area contributed by atoms with Gasteiger partial charge in [-0.3, -0.25) is 9.11 Å². The predicted molar refractivity (Wildman–Crippen MR) is 62.8 cm³/mol. The molecule has 1 heterocycles. The Bertz CT molecular complexity index is 99.8. The normalized spacial score (nSPS) is 23.0. The quantitative estimate of drug-likeness (QED) is 0.647. The lowest BCUT2D eigenvalue weighted by Crippen LogP contribution is -2.35. The first-order chi connectivity index (χ1) is 6.10. The summed E-state index contributed by atoms with van der Waals surface area (Å²) in [6.07, 6.45) is 0. The van der Waals surface area contributed by atoms with Gasteiger partial charge in [0.15, 0.2) is 0 Å². The minimum absolute atomic E-state index is 0.559. The fourth-order valence-electron chi connectivity index (χ4n) is 0.818. The van der Waals surface area contributed by atoms with Crippen molar-refractivity contribution in [3.05, 3.63) is 0 Å². The molecule has 0 aromatic carbocycles. The van der Waals surface area contributed by atoms with Gasteiger partial charge in [-0.05, 0) is 7.05 Å². The molecule has 0 amide bonds. The van der Waals surface area contributed by atoms with Gasteiger partial charge in [-0.1, -0.05) is 27.7 Å². The van der Waals surface area contributed by atoms with Crippen LogP contribution in [0.4, 0.5) is 0 Å². The summed E-state index contributed by atoms with van der Waals surface area (Å²) >= 11 is 0. The Morgan fingerprint density at radius 2 is 1.23 bits per heavy atom. The summed E-state index contributed by atoms with van der Waals surface area (Å²) in [5.74, 6) is 1.12. The molecule has 1 aliphatic heterocycles. The minimum Gasteiger partial charge on any atom is -0.303 e. The molecule has 0 aliphatic carbocycles. The molecule has 0 radical (unpaired) electrons. The van der Waals surface area contributed by atoms with Crippen molar-refractivity contribution in [1.82, 2.24) is 4.90 Å². The molecule has 0 bridgehead atoms. The second-order valence-electron chi connectivity index (χ2n) is 2.51. The van der Waals surface area contributed by atoms with E-state index in [0.717, 1.165) is 13.1 Å². The van der Waals surface area contributed by atoms with Crippen LogP contribution >= 0.6 is 10.6 Å². The van der Waals surface area contributed by atoms with E-state index in [1.165, 1.54) is 0 Å². The van der Waals surface area contributed by atoms with Crippen LogP contribution < -0.4 is 0 Å². The van der Waals surface area contributed by atoms with Crippen molar-refractivity contribution in [2.75, 3.05) is 31.6 Å². The summed E-state index contributed by atoms with van der Waals surface area (Å²) < 4.78 is 18.2. The van der Waals surface area contributed by atoms with E-state index < -0.39 is 10.6 Å². The summed E-state index contributed by atoms with van der Waals surface area (Å²) in [6, 6.07) is 0. The van der Waals surface area contributed by atoms with Crippen molar-refractivity contribution in [1.29, 1.82) is 0 Å². The number of hydrogen-bond acceptors (Lipinski definition) is 3. The monoisotopic (exact) mass is 211 g/mol. The first kappa shape index (κ1) is 15.7. The standard InChI is InChI=1S/C5H13NO2S.2C2H6/c1-6-2-4-9(7,8)5-3-6;2*1-2/h7-8H,2-5H2,1H3;2*1-2H3. The van der Waals surface area contributed by atoms with E-state index in [2.05, 4.69) is 4.90 Å². The molecule has 1 rings (SSSR count). The van der Waals surface area contributed by atoms with Gasteiger partial charge in [-0.15, -0.1) is 0 Å². The molecule has 0 aromatic rings. The van der Waals surface area contributed by atoms with Gasteiger partial charge in [-0.2, -0.15) is 10.6 Å². The smallest absolute Gasteiger partial charge is 0.0502 e. The maximum absolute atomic E-state index is 9.10. The number of hydrogen-bond donors (Lipinski definition) is 2. The average molecular weight is 211 g/mol. The highest BCUT2D eigenvalue weighted by molar-refractivity contribution is 8.24. The van der Waals surface area contributed by atoms with Crippen LogP contribution in [-0.4, -0.2) is 45.6 Å². The fraction of sp³-hybridized carbons (Fsp3) is 1.00. The number of rotatable bonds is 0. The van der Waals surface area contributed by atoms with Gasteiger partial charge in [0.25, 0.3) is 0 Å². The van der Waals surface area contributed by atoms with E-state index in [0.29, 0.717) is 11.5 Å². The van der Waals surface area contributed by atoms with E-state index >= 15 is 0 Å². The fourth-order valence-corrected chi connectivity index (χ4v) is 2.23. The second-order valence-corrected chi connectivity index (χ2v) is 4.93. The molecule has 0 saturated carbocycles. The molecular formula is C9H25NO2S. The van der Waals surface area contributed by atoms with Crippen LogP contribution in [0.3, 0.4) is 0 Å². The highest BCUT2D eigenvalue weighted by atomic mass is 32.3. The van der Waals surface area contributed by atoms with Crippen molar-refractivity contribution < 1.29 is 9.11 Å². The summed E-state index contributed by atoms with van der Waals surface area (Å²) in [5.41, 5.74) is 0. The van der Waals surface area contributed by atoms with Crippen LogP contribution in [0.5, 0.6) is 0 Å². The summed E-state index contributed by atoms with van der Waals surface area (Å²) in [6.45, 7) is 9.64.